The van der Waals surface area contributed by atoms with Gasteiger partial charge in [0.15, 0.2) is 0 Å². The van der Waals surface area contributed by atoms with E-state index in [1.54, 1.807) is 0 Å². The highest BCUT2D eigenvalue weighted by molar-refractivity contribution is 5.80. The van der Waals surface area contributed by atoms with Gasteiger partial charge in [0.1, 0.15) is 0 Å². The number of rotatable bonds is 3. The molecule has 0 aromatic heterocycles. The number of hydrogen-bond acceptors (Lipinski definition) is 2. The molecule has 2 aliphatic heterocycles. The molecule has 80 valence electrons. The highest BCUT2D eigenvalue weighted by Gasteiger charge is 2.43. The second-order valence-corrected chi connectivity index (χ2v) is 4.40. The molecule has 14 heavy (non-hydrogen) atoms. The normalized spacial score (nSPS) is 34.9. The van der Waals surface area contributed by atoms with Gasteiger partial charge in [-0.25, -0.2) is 0 Å². The van der Waals surface area contributed by atoms with Crippen molar-refractivity contribution in [1.82, 2.24) is 10.2 Å². The lowest BCUT2D eigenvalue weighted by Crippen LogP contribution is -2.40. The summed E-state index contributed by atoms with van der Waals surface area (Å²) in [5.41, 5.74) is 0. The Kier molecular flexibility index (Phi) is 2.77. The zero-order chi connectivity index (χ0) is 10.1. The van der Waals surface area contributed by atoms with Crippen molar-refractivity contribution in [2.45, 2.75) is 45.2 Å². The monoisotopic (exact) mass is 196 g/mol. The van der Waals surface area contributed by atoms with E-state index in [2.05, 4.69) is 19.2 Å². The van der Waals surface area contributed by atoms with Crippen LogP contribution < -0.4 is 5.32 Å². The maximum Gasteiger partial charge on any atom is 0.227 e. The number of carbonyl (C=O) groups is 1. The van der Waals surface area contributed by atoms with E-state index in [-0.39, 0.29) is 5.92 Å². The number of fused-ring (bicyclic) bond motifs is 2. The molecule has 3 nitrogen and oxygen atoms in total. The van der Waals surface area contributed by atoms with E-state index in [4.69, 9.17) is 0 Å². The smallest absolute Gasteiger partial charge is 0.227 e. The van der Waals surface area contributed by atoms with Crippen LogP contribution in [0.3, 0.4) is 0 Å². The second-order valence-electron chi connectivity index (χ2n) is 4.40. The van der Waals surface area contributed by atoms with Gasteiger partial charge in [-0.05, 0) is 33.1 Å². The average molecular weight is 196 g/mol. The molecule has 0 saturated carbocycles. The minimum atomic E-state index is 0.272. The van der Waals surface area contributed by atoms with Gasteiger partial charge in [-0.3, -0.25) is 4.79 Å². The highest BCUT2D eigenvalue weighted by atomic mass is 16.2. The van der Waals surface area contributed by atoms with Crippen LogP contribution in [0, 0.1) is 5.92 Å². The molecule has 3 atom stereocenters. The summed E-state index contributed by atoms with van der Waals surface area (Å²) in [7, 11) is 0. The molecule has 0 aromatic rings. The van der Waals surface area contributed by atoms with Crippen LogP contribution in [0.2, 0.25) is 0 Å². The van der Waals surface area contributed by atoms with Crippen LogP contribution in [-0.4, -0.2) is 36.0 Å². The van der Waals surface area contributed by atoms with Gasteiger partial charge in [-0.15, -0.1) is 0 Å². The molecule has 2 bridgehead atoms. The summed E-state index contributed by atoms with van der Waals surface area (Å²) >= 11 is 0. The molecule has 2 aliphatic rings. The summed E-state index contributed by atoms with van der Waals surface area (Å²) in [6.07, 6.45) is 3.54. The van der Waals surface area contributed by atoms with E-state index < -0.39 is 0 Å². The van der Waals surface area contributed by atoms with Gasteiger partial charge in [0.2, 0.25) is 5.91 Å². The van der Waals surface area contributed by atoms with Crippen molar-refractivity contribution in [2.24, 2.45) is 5.92 Å². The lowest BCUT2D eigenvalue weighted by molar-refractivity contribution is -0.135. The molecule has 2 heterocycles. The number of nitrogens with one attached hydrogen (secondary N) is 1. The summed E-state index contributed by atoms with van der Waals surface area (Å²) in [6, 6.07) is 1.11. The molecule has 3 heteroatoms. The Hall–Kier alpha value is -0.570. The zero-order valence-electron chi connectivity index (χ0n) is 9.12. The van der Waals surface area contributed by atoms with E-state index in [9.17, 15) is 4.79 Å². The molecule has 1 amide bonds. The largest absolute Gasteiger partial charge is 0.343 e. The van der Waals surface area contributed by atoms with Crippen LogP contribution in [0.15, 0.2) is 0 Å². The standard InChI is InChI=1S/C11H20N2O/c1-3-13(4-2)11(14)9-7-8-5-6-10(9)12-8/h8-10,12H,3-7H2,1-2H3. The Morgan fingerprint density at radius 2 is 2.07 bits per heavy atom. The molecular weight excluding hydrogens is 176 g/mol. The third-order valence-corrected chi connectivity index (χ3v) is 3.69. The molecule has 2 saturated heterocycles. The summed E-state index contributed by atoms with van der Waals surface area (Å²) in [4.78, 5) is 14.0. The fourth-order valence-electron chi connectivity index (χ4n) is 2.87. The number of hydrogen-bond donors (Lipinski definition) is 1. The Morgan fingerprint density at radius 1 is 1.36 bits per heavy atom. The second kappa shape index (κ2) is 3.89. The minimum Gasteiger partial charge on any atom is -0.343 e. The lowest BCUT2D eigenvalue weighted by Gasteiger charge is -2.26. The maximum atomic E-state index is 12.1. The first kappa shape index (κ1) is 9.97. The van der Waals surface area contributed by atoms with Gasteiger partial charge in [-0.1, -0.05) is 0 Å². The van der Waals surface area contributed by atoms with Crippen molar-refractivity contribution in [3.8, 4) is 0 Å². The first-order chi connectivity index (χ1) is 6.76. The van der Waals surface area contributed by atoms with E-state index in [1.807, 2.05) is 4.90 Å². The van der Waals surface area contributed by atoms with Gasteiger partial charge >= 0.3 is 0 Å². The van der Waals surface area contributed by atoms with Crippen molar-refractivity contribution >= 4 is 5.91 Å². The molecule has 2 fully saturated rings. The zero-order valence-corrected chi connectivity index (χ0v) is 9.12. The molecule has 2 rings (SSSR count). The maximum absolute atomic E-state index is 12.1. The summed E-state index contributed by atoms with van der Waals surface area (Å²) in [6.45, 7) is 5.82. The van der Waals surface area contributed by atoms with Crippen molar-refractivity contribution in [1.29, 1.82) is 0 Å². The van der Waals surface area contributed by atoms with Crippen LogP contribution in [0.5, 0.6) is 0 Å². The predicted molar refractivity (Wildman–Crippen MR) is 56.0 cm³/mol. The third-order valence-electron chi connectivity index (χ3n) is 3.69. The van der Waals surface area contributed by atoms with Crippen molar-refractivity contribution < 1.29 is 4.79 Å². The van der Waals surface area contributed by atoms with Crippen LogP contribution in [-0.2, 0) is 4.79 Å². The van der Waals surface area contributed by atoms with Gasteiger partial charge in [-0.2, -0.15) is 0 Å². The number of amides is 1. The first-order valence-corrected chi connectivity index (χ1v) is 5.81. The van der Waals surface area contributed by atoms with Crippen LogP contribution in [0.25, 0.3) is 0 Å². The molecule has 0 aromatic carbocycles. The van der Waals surface area contributed by atoms with Crippen LogP contribution in [0.1, 0.15) is 33.1 Å². The summed E-state index contributed by atoms with van der Waals surface area (Å²) < 4.78 is 0. The quantitative estimate of drug-likeness (QED) is 0.730. The van der Waals surface area contributed by atoms with E-state index in [0.29, 0.717) is 18.0 Å². The Bertz CT molecular complexity index is 225. The molecule has 0 aliphatic carbocycles. The Balaban J connectivity index is 1.98. The number of nitrogens with zero attached hydrogens (tertiary/aromatic N) is 1. The van der Waals surface area contributed by atoms with Crippen molar-refractivity contribution in [2.75, 3.05) is 13.1 Å². The van der Waals surface area contributed by atoms with Gasteiger partial charge in [0.05, 0.1) is 5.92 Å². The highest BCUT2D eigenvalue weighted by Crippen LogP contribution is 2.34. The molecule has 0 radical (unpaired) electrons. The topological polar surface area (TPSA) is 32.3 Å². The predicted octanol–water partition coefficient (Wildman–Crippen LogP) is 0.995. The molecule has 1 N–H and O–H groups in total. The van der Waals surface area contributed by atoms with Crippen molar-refractivity contribution in [3.05, 3.63) is 0 Å². The first-order valence-electron chi connectivity index (χ1n) is 5.81. The lowest BCUT2D eigenvalue weighted by atomic mass is 9.88. The van der Waals surface area contributed by atoms with Gasteiger partial charge in [0.25, 0.3) is 0 Å². The fourth-order valence-corrected chi connectivity index (χ4v) is 2.87. The van der Waals surface area contributed by atoms with E-state index in [0.717, 1.165) is 19.5 Å². The molecular formula is C11H20N2O. The number of carbonyl (C=O) groups excluding carboxylic acids is 1. The molecule has 3 unspecified atom stereocenters. The average Bonchev–Trinajstić information content (AvgIpc) is 2.80. The summed E-state index contributed by atoms with van der Waals surface area (Å²) in [5.74, 6) is 0.642. The summed E-state index contributed by atoms with van der Waals surface area (Å²) in [5, 5.41) is 3.51. The van der Waals surface area contributed by atoms with Crippen LogP contribution >= 0.6 is 0 Å². The van der Waals surface area contributed by atoms with E-state index in [1.165, 1.54) is 12.8 Å². The SMILES string of the molecule is CCN(CC)C(=O)C1CC2CCC1N2. The third kappa shape index (κ3) is 1.54. The van der Waals surface area contributed by atoms with Gasteiger partial charge < -0.3 is 10.2 Å². The van der Waals surface area contributed by atoms with Crippen LogP contribution in [0.4, 0.5) is 0 Å². The Labute approximate surface area is 85.8 Å². The van der Waals surface area contributed by atoms with E-state index >= 15 is 0 Å². The van der Waals surface area contributed by atoms with Crippen molar-refractivity contribution in [3.63, 3.8) is 0 Å². The van der Waals surface area contributed by atoms with Gasteiger partial charge in [0, 0.05) is 25.2 Å². The minimum absolute atomic E-state index is 0.272. The Morgan fingerprint density at radius 3 is 2.50 bits per heavy atom. The fraction of sp³-hybridized carbons (Fsp3) is 0.909. The molecule has 0 spiro atoms.